The molecule has 0 bridgehead atoms. The molecule has 2 rings (SSSR count). The van der Waals surface area contributed by atoms with Crippen molar-refractivity contribution in [2.45, 2.75) is 26.3 Å². The van der Waals surface area contributed by atoms with Gasteiger partial charge in [-0.15, -0.1) is 0 Å². The first-order chi connectivity index (χ1) is 10.9. The third-order valence-electron chi connectivity index (χ3n) is 3.55. The number of hydrogen-bond acceptors (Lipinski definition) is 3. The second kappa shape index (κ2) is 7.13. The van der Waals surface area contributed by atoms with Gasteiger partial charge in [0.2, 0.25) is 5.91 Å². The molecule has 2 aromatic heterocycles. The highest BCUT2D eigenvalue weighted by Crippen LogP contribution is 2.09. The monoisotopic (exact) mass is 317 g/mol. The number of hydrogen-bond donors (Lipinski definition) is 2. The van der Waals surface area contributed by atoms with Crippen LogP contribution in [0.2, 0.25) is 0 Å². The molecule has 2 heterocycles. The molecule has 7 nitrogen and oxygen atoms in total. The number of nitrogens with one attached hydrogen (secondary N) is 2. The number of rotatable bonds is 5. The summed E-state index contributed by atoms with van der Waals surface area (Å²) in [5.74, 6) is -0.143. The van der Waals surface area contributed by atoms with Gasteiger partial charge in [-0.2, -0.15) is 0 Å². The molecule has 1 atom stereocenters. The highest BCUT2D eigenvalue weighted by atomic mass is 16.2. The van der Waals surface area contributed by atoms with E-state index in [1.54, 1.807) is 21.0 Å². The molecular formula is C16H23N5O2. The molecule has 2 N–H and O–H groups in total. The molecule has 0 saturated heterocycles. The maximum absolute atomic E-state index is 11.8. The van der Waals surface area contributed by atoms with Gasteiger partial charge in [-0.1, -0.05) is 6.07 Å². The van der Waals surface area contributed by atoms with Gasteiger partial charge in [-0.05, 0) is 25.5 Å². The third-order valence-corrected chi connectivity index (χ3v) is 3.55. The van der Waals surface area contributed by atoms with Crippen LogP contribution in [0.4, 0.5) is 4.79 Å². The van der Waals surface area contributed by atoms with Crippen LogP contribution in [-0.2, 0) is 11.2 Å². The highest BCUT2D eigenvalue weighted by Gasteiger charge is 2.16. The summed E-state index contributed by atoms with van der Waals surface area (Å²) in [6.07, 6.45) is 4.54. The number of amides is 3. The van der Waals surface area contributed by atoms with Crippen LogP contribution in [-0.4, -0.2) is 52.9 Å². The first-order valence-corrected chi connectivity index (χ1v) is 7.57. The van der Waals surface area contributed by atoms with Crippen molar-refractivity contribution in [3.05, 3.63) is 35.8 Å². The average molecular weight is 317 g/mol. The molecular weight excluding hydrogens is 294 g/mol. The average Bonchev–Trinajstić information content (AvgIpc) is 2.90. The maximum Gasteiger partial charge on any atom is 0.315 e. The van der Waals surface area contributed by atoms with E-state index < -0.39 is 6.04 Å². The summed E-state index contributed by atoms with van der Waals surface area (Å²) >= 11 is 0. The molecule has 124 valence electrons. The predicted octanol–water partition coefficient (Wildman–Crippen LogP) is 0.961. The molecule has 3 amide bonds. The molecule has 0 aliphatic carbocycles. The molecule has 0 spiro atoms. The van der Waals surface area contributed by atoms with Gasteiger partial charge in [0.15, 0.2) is 0 Å². The topological polar surface area (TPSA) is 78.7 Å². The number of aryl methyl sites for hydroxylation is 1. The molecule has 23 heavy (non-hydrogen) atoms. The van der Waals surface area contributed by atoms with E-state index in [-0.39, 0.29) is 11.9 Å². The van der Waals surface area contributed by atoms with Gasteiger partial charge in [0.05, 0.1) is 5.69 Å². The molecule has 0 radical (unpaired) electrons. The van der Waals surface area contributed by atoms with Crippen molar-refractivity contribution in [1.29, 1.82) is 0 Å². The van der Waals surface area contributed by atoms with Crippen LogP contribution in [0.15, 0.2) is 24.5 Å². The van der Waals surface area contributed by atoms with E-state index >= 15 is 0 Å². The van der Waals surface area contributed by atoms with Gasteiger partial charge in [-0.3, -0.25) is 4.79 Å². The number of aromatic nitrogens is 2. The van der Waals surface area contributed by atoms with Crippen molar-refractivity contribution < 1.29 is 9.59 Å². The van der Waals surface area contributed by atoms with E-state index in [1.165, 1.54) is 4.90 Å². The van der Waals surface area contributed by atoms with Crippen LogP contribution >= 0.6 is 0 Å². The largest absolute Gasteiger partial charge is 0.347 e. The second-order valence-corrected chi connectivity index (χ2v) is 5.76. The minimum atomic E-state index is -0.553. The lowest BCUT2D eigenvalue weighted by atomic mass is 10.3. The molecule has 2 aromatic rings. The standard InChI is InChI=1S/C16H23N5O2/c1-11-6-5-9-21-10-13(19-14(11)21)7-8-17-16(23)18-12(2)15(22)20(3)4/h5-6,9-10,12H,7-8H2,1-4H3,(H2,17,18,23)/t12-/m1/s1. The Bertz CT molecular complexity index is 708. The predicted molar refractivity (Wildman–Crippen MR) is 88.3 cm³/mol. The van der Waals surface area contributed by atoms with Crippen LogP contribution < -0.4 is 10.6 Å². The van der Waals surface area contributed by atoms with Crippen molar-refractivity contribution in [1.82, 2.24) is 24.9 Å². The molecule has 0 fully saturated rings. The fraction of sp³-hybridized carbons (Fsp3) is 0.438. The molecule has 0 aliphatic rings. The van der Waals surface area contributed by atoms with E-state index in [1.807, 2.05) is 35.9 Å². The van der Waals surface area contributed by atoms with E-state index in [9.17, 15) is 9.59 Å². The number of carbonyl (C=O) groups is 2. The minimum Gasteiger partial charge on any atom is -0.347 e. The minimum absolute atomic E-state index is 0.143. The summed E-state index contributed by atoms with van der Waals surface area (Å²) < 4.78 is 1.97. The number of pyridine rings is 1. The van der Waals surface area contributed by atoms with Gasteiger partial charge < -0.3 is 19.9 Å². The van der Waals surface area contributed by atoms with Crippen LogP contribution in [0, 0.1) is 6.92 Å². The Morgan fingerprint density at radius 3 is 2.78 bits per heavy atom. The second-order valence-electron chi connectivity index (χ2n) is 5.76. The van der Waals surface area contributed by atoms with Crippen LogP contribution in [0.5, 0.6) is 0 Å². The summed E-state index contributed by atoms with van der Waals surface area (Å²) in [7, 11) is 3.31. The van der Waals surface area contributed by atoms with Gasteiger partial charge in [0.25, 0.3) is 0 Å². The Balaban J connectivity index is 1.83. The summed E-state index contributed by atoms with van der Waals surface area (Å²) in [5.41, 5.74) is 2.95. The zero-order chi connectivity index (χ0) is 17.0. The fourth-order valence-corrected chi connectivity index (χ4v) is 2.33. The number of fused-ring (bicyclic) bond motifs is 1. The van der Waals surface area contributed by atoms with Gasteiger partial charge in [0.1, 0.15) is 11.7 Å². The van der Waals surface area contributed by atoms with E-state index in [0.29, 0.717) is 13.0 Å². The lowest BCUT2D eigenvalue weighted by molar-refractivity contribution is -0.130. The lowest BCUT2D eigenvalue weighted by Gasteiger charge is -2.18. The molecule has 7 heteroatoms. The first-order valence-electron chi connectivity index (χ1n) is 7.57. The van der Waals surface area contributed by atoms with E-state index in [2.05, 4.69) is 15.6 Å². The third kappa shape index (κ3) is 4.21. The smallest absolute Gasteiger partial charge is 0.315 e. The number of imidazole rings is 1. The van der Waals surface area contributed by atoms with E-state index in [4.69, 9.17) is 0 Å². The number of likely N-dealkylation sites (N-methyl/N-ethyl adjacent to an activating group) is 1. The maximum atomic E-state index is 11.8. The van der Waals surface area contributed by atoms with Crippen molar-refractivity contribution in [3.8, 4) is 0 Å². The van der Waals surface area contributed by atoms with E-state index in [0.717, 1.165) is 16.9 Å². The SMILES string of the molecule is Cc1cccn2cc(CCNC(=O)N[C@H](C)C(=O)N(C)C)nc12. The van der Waals surface area contributed by atoms with Crippen LogP contribution in [0.1, 0.15) is 18.2 Å². The molecule has 0 aliphatic heterocycles. The van der Waals surface area contributed by atoms with Crippen molar-refractivity contribution in [2.24, 2.45) is 0 Å². The van der Waals surface area contributed by atoms with Crippen molar-refractivity contribution in [2.75, 3.05) is 20.6 Å². The highest BCUT2D eigenvalue weighted by molar-refractivity contribution is 5.86. The lowest BCUT2D eigenvalue weighted by Crippen LogP contribution is -2.48. The molecule has 0 unspecified atom stereocenters. The van der Waals surface area contributed by atoms with Crippen molar-refractivity contribution >= 4 is 17.6 Å². The molecule has 0 saturated carbocycles. The summed E-state index contributed by atoms with van der Waals surface area (Å²) in [6, 6.07) is 3.08. The van der Waals surface area contributed by atoms with Crippen LogP contribution in [0.3, 0.4) is 0 Å². The number of carbonyl (C=O) groups excluding carboxylic acids is 2. The number of urea groups is 1. The normalized spacial score (nSPS) is 12.0. The quantitative estimate of drug-likeness (QED) is 0.862. The van der Waals surface area contributed by atoms with Gasteiger partial charge in [0, 0.05) is 39.5 Å². The van der Waals surface area contributed by atoms with Gasteiger partial charge >= 0.3 is 6.03 Å². The Morgan fingerprint density at radius 1 is 1.39 bits per heavy atom. The summed E-state index contributed by atoms with van der Waals surface area (Å²) in [6.45, 7) is 4.13. The zero-order valence-corrected chi connectivity index (χ0v) is 14.0. The van der Waals surface area contributed by atoms with Crippen molar-refractivity contribution in [3.63, 3.8) is 0 Å². The van der Waals surface area contributed by atoms with Gasteiger partial charge in [-0.25, -0.2) is 9.78 Å². The zero-order valence-electron chi connectivity index (χ0n) is 14.0. The Hall–Kier alpha value is -2.57. The Labute approximate surface area is 135 Å². The summed E-state index contributed by atoms with van der Waals surface area (Å²) in [5, 5.41) is 5.36. The Kier molecular flexibility index (Phi) is 5.20. The molecule has 0 aromatic carbocycles. The first kappa shape index (κ1) is 16.8. The van der Waals surface area contributed by atoms with Crippen LogP contribution in [0.25, 0.3) is 5.65 Å². The Morgan fingerprint density at radius 2 is 2.13 bits per heavy atom. The summed E-state index contributed by atoms with van der Waals surface area (Å²) in [4.78, 5) is 29.5. The number of nitrogens with zero attached hydrogens (tertiary/aromatic N) is 3. The fourth-order valence-electron chi connectivity index (χ4n) is 2.33.